The van der Waals surface area contributed by atoms with Gasteiger partial charge in [0.15, 0.2) is 5.65 Å². The number of aromatic nitrogens is 4. The van der Waals surface area contributed by atoms with Crippen LogP contribution in [0.2, 0.25) is 0 Å². The van der Waals surface area contributed by atoms with E-state index in [-0.39, 0.29) is 28.9 Å². The van der Waals surface area contributed by atoms with Crippen molar-refractivity contribution in [2.45, 2.75) is 50.2 Å². The fourth-order valence-electron chi connectivity index (χ4n) is 5.82. The average molecular weight is 469 g/mol. The summed E-state index contributed by atoms with van der Waals surface area (Å²) in [6.07, 6.45) is 3.41. The molecule has 34 heavy (non-hydrogen) atoms. The molecule has 2 saturated heterocycles. The molecular formula is C24H29FN6O3. The van der Waals surface area contributed by atoms with Gasteiger partial charge in [-0.05, 0) is 50.3 Å². The van der Waals surface area contributed by atoms with Gasteiger partial charge in [-0.25, -0.2) is 4.39 Å². The van der Waals surface area contributed by atoms with Crippen molar-refractivity contribution in [1.82, 2.24) is 20.2 Å². The highest BCUT2D eigenvalue weighted by Crippen LogP contribution is 2.54. The molecule has 4 heterocycles. The number of nitrogens with two attached hydrogens (primary N) is 1. The Morgan fingerprint density at radius 3 is 2.65 bits per heavy atom. The zero-order valence-corrected chi connectivity index (χ0v) is 19.4. The van der Waals surface area contributed by atoms with Crippen molar-refractivity contribution in [2.24, 2.45) is 11.1 Å². The van der Waals surface area contributed by atoms with E-state index in [0.717, 1.165) is 44.3 Å². The molecule has 0 unspecified atom stereocenters. The second-order valence-electron chi connectivity index (χ2n) is 10.0. The van der Waals surface area contributed by atoms with Crippen molar-refractivity contribution >= 4 is 17.0 Å². The Morgan fingerprint density at radius 1 is 1.24 bits per heavy atom. The monoisotopic (exact) mass is 468 g/mol. The third kappa shape index (κ3) is 3.15. The number of halogens is 1. The number of nitrogens with one attached hydrogen (secondary N) is 2. The first-order valence-electron chi connectivity index (χ1n) is 11.8. The number of anilines is 1. The van der Waals surface area contributed by atoms with Crippen LogP contribution in [0.1, 0.15) is 43.9 Å². The Balaban J connectivity index is 1.31. The predicted molar refractivity (Wildman–Crippen MR) is 125 cm³/mol. The Labute approximate surface area is 195 Å². The standard InChI is InChI=1S/C24H29FN6O3/c1-13-18(26)23(12-34-13)5-7-31(8-6-23)22-27-20-17(21(32)28-22)19(29-30-20)24(3-4-24)14-9-15(25)11-16(10-14)33-2/h9-11,13,18H,3-8,12,26H2,1-2H3,(H2,27,28,29,30,32)/t13-,18+/m0/s1. The van der Waals surface area contributed by atoms with Gasteiger partial charge in [0.25, 0.3) is 5.56 Å². The van der Waals surface area contributed by atoms with Crippen LogP contribution in [0, 0.1) is 11.2 Å². The molecule has 0 amide bonds. The van der Waals surface area contributed by atoms with Gasteiger partial charge < -0.3 is 20.1 Å². The van der Waals surface area contributed by atoms with Gasteiger partial charge >= 0.3 is 0 Å². The molecule has 3 fully saturated rings. The van der Waals surface area contributed by atoms with E-state index in [0.29, 0.717) is 35.0 Å². The van der Waals surface area contributed by atoms with E-state index in [1.165, 1.54) is 19.2 Å². The Bertz CT molecular complexity index is 1310. The first kappa shape index (κ1) is 21.5. The van der Waals surface area contributed by atoms with E-state index in [1.807, 2.05) is 13.0 Å². The average Bonchev–Trinajstić information content (AvgIpc) is 3.46. The molecule has 3 aromatic rings. The van der Waals surface area contributed by atoms with Crippen molar-refractivity contribution < 1.29 is 13.9 Å². The summed E-state index contributed by atoms with van der Waals surface area (Å²) in [7, 11) is 1.51. The molecule has 3 aliphatic rings. The van der Waals surface area contributed by atoms with Gasteiger partial charge in [-0.1, -0.05) is 0 Å². The number of H-pyrrole nitrogens is 2. The summed E-state index contributed by atoms with van der Waals surface area (Å²) in [5.41, 5.74) is 7.51. The maximum atomic E-state index is 14.2. The number of piperidine rings is 1. The molecular weight excluding hydrogens is 439 g/mol. The van der Waals surface area contributed by atoms with Crippen molar-refractivity contribution in [1.29, 1.82) is 0 Å². The Morgan fingerprint density at radius 2 is 2.00 bits per heavy atom. The van der Waals surface area contributed by atoms with Crippen LogP contribution < -0.4 is 20.9 Å². The van der Waals surface area contributed by atoms with E-state index in [2.05, 4.69) is 25.1 Å². The topological polar surface area (TPSA) is 122 Å². The van der Waals surface area contributed by atoms with Crippen molar-refractivity contribution in [3.05, 3.63) is 45.6 Å². The van der Waals surface area contributed by atoms with Gasteiger partial charge in [0.1, 0.15) is 17.0 Å². The number of rotatable bonds is 4. The van der Waals surface area contributed by atoms with Crippen LogP contribution in [0.15, 0.2) is 23.0 Å². The zero-order valence-electron chi connectivity index (χ0n) is 19.4. The van der Waals surface area contributed by atoms with Crippen LogP contribution in [0.5, 0.6) is 5.75 Å². The molecule has 4 N–H and O–H groups in total. The summed E-state index contributed by atoms with van der Waals surface area (Å²) in [4.78, 5) is 23.0. The summed E-state index contributed by atoms with van der Waals surface area (Å²) in [5.74, 6) is 0.593. The third-order valence-electron chi connectivity index (χ3n) is 8.20. The number of ether oxygens (including phenoxy) is 2. The lowest BCUT2D eigenvalue weighted by Gasteiger charge is -2.41. The van der Waals surface area contributed by atoms with Crippen molar-refractivity contribution in [3.63, 3.8) is 0 Å². The minimum Gasteiger partial charge on any atom is -0.497 e. The molecule has 10 heteroatoms. The van der Waals surface area contributed by atoms with Gasteiger partial charge in [0.2, 0.25) is 5.95 Å². The van der Waals surface area contributed by atoms with Crippen LogP contribution in [0.25, 0.3) is 11.0 Å². The van der Waals surface area contributed by atoms with E-state index < -0.39 is 5.41 Å². The number of fused-ring (bicyclic) bond motifs is 1. The minimum absolute atomic E-state index is 0.00974. The molecule has 1 saturated carbocycles. The molecule has 1 aromatic carbocycles. The fraction of sp³-hybridized carbons (Fsp3) is 0.542. The molecule has 0 bridgehead atoms. The number of aromatic amines is 2. The maximum Gasteiger partial charge on any atom is 0.263 e. The summed E-state index contributed by atoms with van der Waals surface area (Å²) in [6.45, 7) is 4.19. The summed E-state index contributed by atoms with van der Waals surface area (Å²) < 4.78 is 25.3. The number of methoxy groups -OCH3 is 1. The van der Waals surface area contributed by atoms with Crippen LogP contribution in [0.4, 0.5) is 10.3 Å². The van der Waals surface area contributed by atoms with Gasteiger partial charge in [0, 0.05) is 36.0 Å². The predicted octanol–water partition coefficient (Wildman–Crippen LogP) is 2.21. The smallest absolute Gasteiger partial charge is 0.263 e. The van der Waals surface area contributed by atoms with Gasteiger partial charge in [-0.2, -0.15) is 10.1 Å². The molecule has 2 aromatic heterocycles. The van der Waals surface area contributed by atoms with Crippen LogP contribution >= 0.6 is 0 Å². The summed E-state index contributed by atoms with van der Waals surface area (Å²) >= 11 is 0. The number of nitrogens with zero attached hydrogens (tertiary/aromatic N) is 3. The molecule has 2 atom stereocenters. The van der Waals surface area contributed by atoms with Gasteiger partial charge in [-0.3, -0.25) is 14.9 Å². The van der Waals surface area contributed by atoms with Gasteiger partial charge in [0.05, 0.1) is 25.5 Å². The molecule has 9 nitrogen and oxygen atoms in total. The van der Waals surface area contributed by atoms with Crippen molar-refractivity contribution in [2.75, 3.05) is 31.7 Å². The maximum absolute atomic E-state index is 14.2. The molecule has 1 aliphatic carbocycles. The van der Waals surface area contributed by atoms with E-state index in [9.17, 15) is 9.18 Å². The Hall–Kier alpha value is -2.98. The first-order chi connectivity index (χ1) is 16.3. The van der Waals surface area contributed by atoms with E-state index in [1.54, 1.807) is 0 Å². The minimum atomic E-state index is -0.493. The lowest BCUT2D eigenvalue weighted by atomic mass is 9.73. The highest BCUT2D eigenvalue weighted by atomic mass is 19.1. The fourth-order valence-corrected chi connectivity index (χ4v) is 5.82. The van der Waals surface area contributed by atoms with Crippen LogP contribution in [-0.2, 0) is 10.2 Å². The summed E-state index contributed by atoms with van der Waals surface area (Å²) in [6, 6.07) is 4.69. The number of hydrogen-bond acceptors (Lipinski definition) is 7. The number of hydrogen-bond donors (Lipinski definition) is 3. The van der Waals surface area contributed by atoms with Crippen LogP contribution in [0.3, 0.4) is 0 Å². The molecule has 0 radical (unpaired) electrons. The highest BCUT2D eigenvalue weighted by Gasteiger charge is 2.50. The highest BCUT2D eigenvalue weighted by molar-refractivity contribution is 5.80. The largest absolute Gasteiger partial charge is 0.497 e. The lowest BCUT2D eigenvalue weighted by molar-refractivity contribution is 0.0973. The van der Waals surface area contributed by atoms with E-state index in [4.69, 9.17) is 15.2 Å². The third-order valence-corrected chi connectivity index (χ3v) is 8.20. The molecule has 180 valence electrons. The van der Waals surface area contributed by atoms with E-state index >= 15 is 0 Å². The van der Waals surface area contributed by atoms with Crippen LogP contribution in [-0.4, -0.2) is 59.1 Å². The number of benzene rings is 1. The molecule has 6 rings (SSSR count). The Kier molecular flexibility index (Phi) is 4.76. The molecule has 1 spiro atoms. The normalized spacial score (nSPS) is 25.2. The molecule has 2 aliphatic heterocycles. The van der Waals surface area contributed by atoms with Gasteiger partial charge in [-0.15, -0.1) is 0 Å². The second-order valence-corrected chi connectivity index (χ2v) is 10.0. The zero-order chi connectivity index (χ0) is 23.7. The summed E-state index contributed by atoms with van der Waals surface area (Å²) in [5, 5.41) is 7.85. The first-order valence-corrected chi connectivity index (χ1v) is 11.8. The SMILES string of the molecule is COc1cc(F)cc(C2(c3[nH]nc4nc(N5CCC6(CC5)CO[C@@H](C)[C@H]6N)[nH]c(=O)c34)CC2)c1. The lowest BCUT2D eigenvalue weighted by Crippen LogP contribution is -2.51. The second kappa shape index (κ2) is 7.51. The quantitative estimate of drug-likeness (QED) is 0.537. The van der Waals surface area contributed by atoms with Crippen molar-refractivity contribution in [3.8, 4) is 5.75 Å².